The van der Waals surface area contributed by atoms with Gasteiger partial charge in [-0.3, -0.25) is 9.59 Å². The van der Waals surface area contributed by atoms with Crippen molar-refractivity contribution in [1.82, 2.24) is 0 Å². The second kappa shape index (κ2) is 7.69. The molecule has 0 heterocycles. The van der Waals surface area contributed by atoms with Crippen LogP contribution in [0, 0.1) is 0 Å². The molecule has 2 rings (SSSR count). The van der Waals surface area contributed by atoms with Crippen molar-refractivity contribution in [2.24, 2.45) is 0 Å². The molecule has 31 heavy (non-hydrogen) atoms. The zero-order valence-electron chi connectivity index (χ0n) is 15.9. The number of esters is 3. The van der Waals surface area contributed by atoms with Gasteiger partial charge in [0.2, 0.25) is 0 Å². The fraction of sp³-hybridized carbons (Fsp3) is 0.105. The molecule has 0 N–H and O–H groups in total. The molecule has 0 amide bonds. The van der Waals surface area contributed by atoms with Crippen LogP contribution in [0.4, 0.5) is 19.4 Å². The molecule has 6 nitrogen and oxygen atoms in total. The van der Waals surface area contributed by atoms with E-state index in [1.807, 2.05) is 0 Å². The zero-order chi connectivity index (χ0) is 23.5. The first-order valence-electron chi connectivity index (χ1n) is 8.28. The SMILES string of the molecule is CC(=O)Oc1ccc(C=CC(=O)Oc2ccc(S(F)(F)(F)(F)F)cc2)cc1OC(C)=O. The third-order valence-electron chi connectivity index (χ3n) is 3.37. The van der Waals surface area contributed by atoms with Crippen LogP contribution in [0.3, 0.4) is 0 Å². The van der Waals surface area contributed by atoms with Crippen LogP contribution >= 0.6 is 10.2 Å². The second-order valence-electron chi connectivity index (χ2n) is 6.09. The molecule has 0 saturated heterocycles. The summed E-state index contributed by atoms with van der Waals surface area (Å²) in [6.45, 7) is 2.27. The molecule has 0 aliphatic rings. The lowest BCUT2D eigenvalue weighted by atomic mass is 10.2. The Kier molecular flexibility index (Phi) is 5.92. The third kappa shape index (κ3) is 7.41. The van der Waals surface area contributed by atoms with Crippen LogP contribution in [-0.4, -0.2) is 17.9 Å². The molecule has 0 saturated carbocycles. The predicted octanol–water partition coefficient (Wildman–Crippen LogP) is 5.81. The number of hydrogen-bond acceptors (Lipinski definition) is 6. The second-order valence-corrected chi connectivity index (χ2v) is 8.50. The van der Waals surface area contributed by atoms with Gasteiger partial charge in [-0.15, -0.1) is 0 Å². The minimum atomic E-state index is -9.82. The van der Waals surface area contributed by atoms with Crippen LogP contribution in [0.5, 0.6) is 17.2 Å². The van der Waals surface area contributed by atoms with E-state index in [1.54, 1.807) is 0 Å². The van der Waals surface area contributed by atoms with Gasteiger partial charge in [0.05, 0.1) is 0 Å². The number of rotatable bonds is 6. The van der Waals surface area contributed by atoms with Crippen LogP contribution < -0.4 is 14.2 Å². The first-order valence-corrected chi connectivity index (χ1v) is 10.2. The molecule has 0 unspecified atom stereocenters. The summed E-state index contributed by atoms with van der Waals surface area (Å²) in [5.41, 5.74) is 0.320. The molecule has 0 bridgehead atoms. The highest BCUT2D eigenvalue weighted by molar-refractivity contribution is 8.45. The topological polar surface area (TPSA) is 78.9 Å². The van der Waals surface area contributed by atoms with Gasteiger partial charge in [0.1, 0.15) is 10.6 Å². The maximum atomic E-state index is 12.7. The summed E-state index contributed by atoms with van der Waals surface area (Å²) in [6, 6.07) is 5.42. The van der Waals surface area contributed by atoms with Gasteiger partial charge in [-0.2, -0.15) is 0 Å². The summed E-state index contributed by atoms with van der Waals surface area (Å²) in [6.07, 6.45) is 2.12. The minimum Gasteiger partial charge on any atom is -0.423 e. The normalized spacial score (nSPS) is 13.8. The molecule has 0 atom stereocenters. The van der Waals surface area contributed by atoms with Crippen molar-refractivity contribution >= 4 is 34.2 Å². The third-order valence-corrected chi connectivity index (χ3v) is 4.54. The van der Waals surface area contributed by atoms with Crippen molar-refractivity contribution in [2.45, 2.75) is 18.7 Å². The minimum absolute atomic E-state index is 0.0357. The largest absolute Gasteiger partial charge is 0.423 e. The molecule has 168 valence electrons. The van der Waals surface area contributed by atoms with E-state index < -0.39 is 33.0 Å². The van der Waals surface area contributed by atoms with Crippen molar-refractivity contribution in [3.63, 3.8) is 0 Å². The van der Waals surface area contributed by atoms with Crippen LogP contribution in [0.1, 0.15) is 19.4 Å². The Morgan fingerprint density at radius 3 is 1.84 bits per heavy atom. The van der Waals surface area contributed by atoms with Gasteiger partial charge < -0.3 is 14.2 Å². The lowest BCUT2D eigenvalue weighted by Gasteiger charge is -2.40. The molecule has 0 fully saturated rings. The van der Waals surface area contributed by atoms with E-state index in [-0.39, 0.29) is 29.4 Å². The van der Waals surface area contributed by atoms with Gasteiger partial charge in [-0.05, 0) is 48.0 Å². The molecule has 0 spiro atoms. The summed E-state index contributed by atoms with van der Waals surface area (Å²) >= 11 is 0. The molecule has 0 aliphatic carbocycles. The van der Waals surface area contributed by atoms with Gasteiger partial charge >= 0.3 is 28.1 Å². The maximum Gasteiger partial charge on any atom is 0.336 e. The molecule has 2 aromatic carbocycles. The molecule has 2 aromatic rings. The van der Waals surface area contributed by atoms with Gasteiger partial charge in [-0.1, -0.05) is 25.5 Å². The average molecular weight is 466 g/mol. The van der Waals surface area contributed by atoms with E-state index in [2.05, 4.69) is 0 Å². The number of ether oxygens (including phenoxy) is 3. The van der Waals surface area contributed by atoms with Crippen molar-refractivity contribution < 1.29 is 48.0 Å². The monoisotopic (exact) mass is 466 g/mol. The van der Waals surface area contributed by atoms with Crippen molar-refractivity contribution in [3.05, 3.63) is 54.1 Å². The van der Waals surface area contributed by atoms with E-state index in [0.717, 1.165) is 19.9 Å². The summed E-state index contributed by atoms with van der Waals surface area (Å²) in [5, 5.41) is 0. The van der Waals surface area contributed by atoms with Gasteiger partial charge in [-0.25, -0.2) is 4.79 Å². The van der Waals surface area contributed by atoms with Crippen LogP contribution in [0.25, 0.3) is 6.08 Å². The van der Waals surface area contributed by atoms with E-state index in [0.29, 0.717) is 17.7 Å². The Morgan fingerprint density at radius 1 is 0.774 bits per heavy atom. The molecule has 12 heteroatoms. The van der Waals surface area contributed by atoms with Crippen molar-refractivity contribution in [2.75, 3.05) is 0 Å². The number of benzene rings is 2. The van der Waals surface area contributed by atoms with Crippen molar-refractivity contribution in [1.29, 1.82) is 0 Å². The smallest absolute Gasteiger partial charge is 0.336 e. The molecular weight excluding hydrogens is 451 g/mol. The number of hydrogen-bond donors (Lipinski definition) is 0. The molecule has 0 aliphatic heterocycles. The quantitative estimate of drug-likeness (QED) is 0.231. The van der Waals surface area contributed by atoms with E-state index >= 15 is 0 Å². The standard InChI is InChI=1S/C19H15F5O6S/c1-12(25)28-17-9-3-14(11-18(17)29-13(2)26)4-10-19(27)30-15-5-7-16(8-6-15)31(20,21,22,23)24/h3-11H,1-2H3. The number of carbonyl (C=O) groups excluding carboxylic acids is 3. The van der Waals surface area contributed by atoms with Crippen LogP contribution in [0.2, 0.25) is 0 Å². The Morgan fingerprint density at radius 2 is 1.32 bits per heavy atom. The Bertz CT molecular complexity index is 1060. The molecular formula is C19H15F5O6S. The highest BCUT2D eigenvalue weighted by Gasteiger charge is 2.65. The molecule has 0 aromatic heterocycles. The first-order chi connectivity index (χ1) is 14.0. The lowest BCUT2D eigenvalue weighted by Crippen LogP contribution is -2.07. The van der Waals surface area contributed by atoms with E-state index in [9.17, 15) is 33.8 Å². The molecule has 0 radical (unpaired) electrons. The van der Waals surface area contributed by atoms with Gasteiger partial charge in [0.15, 0.2) is 11.5 Å². The zero-order valence-corrected chi connectivity index (χ0v) is 16.8. The van der Waals surface area contributed by atoms with Gasteiger partial charge in [0, 0.05) is 19.9 Å². The van der Waals surface area contributed by atoms with Crippen molar-refractivity contribution in [3.8, 4) is 17.2 Å². The maximum absolute atomic E-state index is 12.7. The Balaban J connectivity index is 2.14. The summed E-state index contributed by atoms with van der Waals surface area (Å²) < 4.78 is 78.0. The lowest BCUT2D eigenvalue weighted by molar-refractivity contribution is -0.134. The number of halogens is 5. The summed E-state index contributed by atoms with van der Waals surface area (Å²) in [5.74, 6) is -2.87. The fourth-order valence-corrected chi connectivity index (χ4v) is 2.83. The fourth-order valence-electron chi connectivity index (χ4n) is 2.18. The van der Waals surface area contributed by atoms with E-state index in [1.165, 1.54) is 24.3 Å². The Labute approximate surface area is 172 Å². The van der Waals surface area contributed by atoms with E-state index in [4.69, 9.17) is 14.2 Å². The van der Waals surface area contributed by atoms with Crippen LogP contribution in [-0.2, 0) is 14.4 Å². The highest BCUT2D eigenvalue weighted by atomic mass is 32.5. The van der Waals surface area contributed by atoms with Gasteiger partial charge in [0.25, 0.3) is 0 Å². The first kappa shape index (κ1) is 23.9. The average Bonchev–Trinajstić information content (AvgIpc) is 2.59. The Hall–Kier alpha value is -3.41. The highest BCUT2D eigenvalue weighted by Crippen LogP contribution is 3.02. The summed E-state index contributed by atoms with van der Waals surface area (Å²) in [4.78, 5) is 32.0. The predicted molar refractivity (Wildman–Crippen MR) is 102 cm³/mol. The summed E-state index contributed by atoms with van der Waals surface area (Å²) in [7, 11) is -9.82. The van der Waals surface area contributed by atoms with Crippen LogP contribution in [0.15, 0.2) is 53.4 Å². The number of carbonyl (C=O) groups is 3.